The Morgan fingerprint density at radius 1 is 0.682 bits per heavy atom. The van der Waals surface area contributed by atoms with Gasteiger partial charge in [0.25, 0.3) is 0 Å². The van der Waals surface area contributed by atoms with Crippen LogP contribution in [0.5, 0.6) is 0 Å². The summed E-state index contributed by atoms with van der Waals surface area (Å²) >= 11 is 0. The van der Waals surface area contributed by atoms with Crippen molar-refractivity contribution in [1.82, 2.24) is 9.97 Å². The van der Waals surface area contributed by atoms with Crippen LogP contribution in [-0.4, -0.2) is 9.97 Å². The number of hydrogen-bond donors (Lipinski definition) is 0. The summed E-state index contributed by atoms with van der Waals surface area (Å²) in [5, 5.41) is 10.9. The second-order valence-electron chi connectivity index (χ2n) is 4.38. The molecule has 0 fully saturated rings. The minimum Gasteiger partial charge on any atom is -0.512 e. The molecule has 2 heterocycles. The molecule has 2 aromatic carbocycles. The van der Waals surface area contributed by atoms with Crippen LogP contribution < -0.4 is 0 Å². The van der Waals surface area contributed by atoms with Gasteiger partial charge in [-0.25, -0.2) is 0 Å². The van der Waals surface area contributed by atoms with Gasteiger partial charge in [0, 0.05) is 28.6 Å². The first-order valence-electron chi connectivity index (χ1n) is 6.17. The first kappa shape index (κ1) is 17.7. The van der Waals surface area contributed by atoms with Gasteiger partial charge in [-0.15, -0.1) is 0 Å². The van der Waals surface area contributed by atoms with Crippen molar-refractivity contribution in [2.75, 3.05) is 0 Å². The van der Waals surface area contributed by atoms with Crippen LogP contribution in [0.25, 0.3) is 32.6 Å². The molecule has 0 radical (unpaired) electrons. The number of pyridine rings is 2. The van der Waals surface area contributed by atoms with Crippen LogP contribution in [0.15, 0.2) is 60.9 Å². The molecule has 0 spiro atoms. The molecule has 3 nitrogen and oxygen atoms in total. The van der Waals surface area contributed by atoms with Gasteiger partial charge in [-0.1, -0.05) is 36.4 Å². The van der Waals surface area contributed by atoms with Crippen LogP contribution in [0.4, 0.5) is 0 Å². The van der Waals surface area contributed by atoms with Crippen molar-refractivity contribution >= 4 is 32.6 Å². The quantitative estimate of drug-likeness (QED) is 0.284. The van der Waals surface area contributed by atoms with E-state index in [-0.39, 0.29) is 28.5 Å². The molecule has 2 aromatic heterocycles. The van der Waals surface area contributed by atoms with Crippen molar-refractivity contribution < 1.29 is 21.1 Å². The van der Waals surface area contributed by atoms with E-state index in [1.807, 2.05) is 24.5 Å². The molecule has 0 aliphatic heterocycles. The Morgan fingerprint density at radius 2 is 1.09 bits per heavy atom. The van der Waals surface area contributed by atoms with Crippen LogP contribution in [0, 0.1) is 19.3 Å². The molecule has 0 bridgehead atoms. The summed E-state index contributed by atoms with van der Waals surface area (Å²) in [4.78, 5) is 9.04. The Kier molecular flexibility index (Phi) is 6.16. The number of nitrogens with zero attached hydrogens (tertiary/aromatic N) is 3. The third kappa shape index (κ3) is 2.84. The monoisotopic (exact) mass is 466 g/mol. The molecular formula is C18H13N3Pt. The maximum atomic E-state index is 6.25. The van der Waals surface area contributed by atoms with Crippen LogP contribution in [0.2, 0.25) is 0 Å². The number of fused-ring (bicyclic) bond motifs is 5. The Morgan fingerprint density at radius 3 is 1.55 bits per heavy atom. The molecule has 4 heteroatoms. The fraction of sp³-hybridized carbons (Fsp3) is 0. The van der Waals surface area contributed by atoms with Crippen molar-refractivity contribution in [1.29, 1.82) is 5.26 Å². The summed E-state index contributed by atoms with van der Waals surface area (Å²) in [5.74, 6) is 0. The fourth-order valence-corrected chi connectivity index (χ4v) is 2.49. The predicted molar refractivity (Wildman–Crippen MR) is 85.9 cm³/mol. The minimum atomic E-state index is 0. The summed E-state index contributed by atoms with van der Waals surface area (Å²) in [6.07, 6.45) is 3.67. The standard InChI is InChI=1S/C16H10N2.CN.CH3.Pt/c1-3-12-7-5-11-6-8-13-4-2-10-18-16(13)14(11)15(12)17-9-1;1-2;;/h1-10H;;1H3;/q;2*-1;+2. The molecule has 4 aromatic rings. The zero-order valence-corrected chi connectivity index (χ0v) is 14.2. The first-order valence-corrected chi connectivity index (χ1v) is 6.17. The van der Waals surface area contributed by atoms with Gasteiger partial charge < -0.3 is 19.3 Å². The van der Waals surface area contributed by atoms with E-state index in [1.54, 1.807) is 0 Å². The topological polar surface area (TPSA) is 49.6 Å². The second kappa shape index (κ2) is 7.63. The van der Waals surface area contributed by atoms with Crippen LogP contribution >= 0.6 is 0 Å². The normalized spacial score (nSPS) is 9.36. The summed E-state index contributed by atoms with van der Waals surface area (Å²) in [5.41, 5.74) is 2.05. The average Bonchev–Trinajstić information content (AvgIpc) is 2.56. The maximum absolute atomic E-state index is 6.25. The fourth-order valence-electron chi connectivity index (χ4n) is 2.49. The molecule has 4 rings (SSSR count). The van der Waals surface area contributed by atoms with Crippen LogP contribution in [-0.2, 0) is 21.1 Å². The van der Waals surface area contributed by atoms with Crippen LogP contribution in [0.1, 0.15) is 0 Å². The third-order valence-corrected chi connectivity index (χ3v) is 3.33. The summed E-state index contributed by atoms with van der Waals surface area (Å²) in [6.45, 7) is 4.75. The van der Waals surface area contributed by atoms with Gasteiger partial charge >= 0.3 is 21.1 Å². The van der Waals surface area contributed by atoms with E-state index in [2.05, 4.69) is 46.4 Å². The zero-order valence-electron chi connectivity index (χ0n) is 11.9. The van der Waals surface area contributed by atoms with Crippen molar-refractivity contribution in [3.8, 4) is 0 Å². The molecular weight excluding hydrogens is 453 g/mol. The first-order chi connectivity index (χ1) is 9.93. The molecule has 0 N–H and O–H groups in total. The predicted octanol–water partition coefficient (Wildman–Crippen LogP) is 4.48. The third-order valence-electron chi connectivity index (χ3n) is 3.33. The number of aromatic nitrogens is 2. The van der Waals surface area contributed by atoms with Gasteiger partial charge in [0.1, 0.15) is 0 Å². The Bertz CT molecular complexity index is 862. The molecule has 0 aliphatic carbocycles. The van der Waals surface area contributed by atoms with Gasteiger partial charge in [-0.3, -0.25) is 9.97 Å². The van der Waals surface area contributed by atoms with Gasteiger partial charge in [0.05, 0.1) is 11.0 Å². The molecule has 0 saturated heterocycles. The summed E-state index contributed by atoms with van der Waals surface area (Å²) in [6, 6.07) is 16.6. The zero-order chi connectivity index (χ0) is 13.9. The van der Waals surface area contributed by atoms with E-state index in [4.69, 9.17) is 11.8 Å². The largest absolute Gasteiger partial charge is 2.00 e. The van der Waals surface area contributed by atoms with Gasteiger partial charge in [-0.05, 0) is 17.5 Å². The Labute approximate surface area is 143 Å². The van der Waals surface area contributed by atoms with Crippen molar-refractivity contribution in [2.45, 2.75) is 0 Å². The van der Waals surface area contributed by atoms with E-state index < -0.39 is 0 Å². The molecule has 0 atom stereocenters. The molecule has 0 saturated carbocycles. The van der Waals surface area contributed by atoms with Crippen molar-refractivity contribution in [3.05, 3.63) is 74.9 Å². The Balaban J connectivity index is 0.000000583. The van der Waals surface area contributed by atoms with Crippen molar-refractivity contribution in [3.63, 3.8) is 0 Å². The minimum absolute atomic E-state index is 0. The van der Waals surface area contributed by atoms with E-state index in [0.717, 1.165) is 27.2 Å². The molecule has 0 amide bonds. The van der Waals surface area contributed by atoms with E-state index in [9.17, 15) is 0 Å². The maximum Gasteiger partial charge on any atom is 2.00 e. The molecule has 22 heavy (non-hydrogen) atoms. The van der Waals surface area contributed by atoms with Crippen molar-refractivity contribution in [2.24, 2.45) is 0 Å². The average molecular weight is 466 g/mol. The van der Waals surface area contributed by atoms with E-state index in [0.29, 0.717) is 0 Å². The van der Waals surface area contributed by atoms with E-state index >= 15 is 0 Å². The molecule has 110 valence electrons. The number of hydrogen-bond acceptors (Lipinski definition) is 3. The Hall–Kier alpha value is -2.30. The van der Waals surface area contributed by atoms with Crippen LogP contribution in [0.3, 0.4) is 0 Å². The molecule has 0 unspecified atom stereocenters. The second-order valence-corrected chi connectivity index (χ2v) is 4.38. The SMILES string of the molecule is [C-]#N.[CH3-].[Pt+2].c1cnc2c(c1)ccc1ccc3cccnc3c12. The summed E-state index contributed by atoms with van der Waals surface area (Å²) < 4.78 is 0. The van der Waals surface area contributed by atoms with Gasteiger partial charge in [0.15, 0.2) is 0 Å². The smallest absolute Gasteiger partial charge is 0.512 e. The van der Waals surface area contributed by atoms with Gasteiger partial charge in [-0.2, -0.15) is 0 Å². The number of rotatable bonds is 0. The van der Waals surface area contributed by atoms with E-state index in [1.165, 1.54) is 5.39 Å². The van der Waals surface area contributed by atoms with Gasteiger partial charge in [0.2, 0.25) is 0 Å². The molecule has 0 aliphatic rings. The number of benzene rings is 2. The summed E-state index contributed by atoms with van der Waals surface area (Å²) in [7, 11) is 0.